The van der Waals surface area contributed by atoms with Crippen molar-refractivity contribution in [3.05, 3.63) is 23.8 Å². The highest BCUT2D eigenvalue weighted by molar-refractivity contribution is 6.01. The minimum Gasteiger partial charge on any atom is -0.508 e. The number of aromatic hydroxyl groups is 1. The van der Waals surface area contributed by atoms with Crippen LogP contribution in [0.15, 0.2) is 18.2 Å². The Balaban J connectivity index is 2.80. The number of benzene rings is 1. The van der Waals surface area contributed by atoms with Gasteiger partial charge in [-0.3, -0.25) is 9.59 Å². The maximum atomic E-state index is 12.1. The van der Waals surface area contributed by atoms with Gasteiger partial charge in [-0.2, -0.15) is 0 Å². The molecule has 1 unspecified atom stereocenters. The number of carbonyl (C=O) groups is 2. The van der Waals surface area contributed by atoms with E-state index in [9.17, 15) is 14.7 Å². The number of phenolic OH excluding ortho intramolecular Hbond substituents is 1. The van der Waals surface area contributed by atoms with Gasteiger partial charge in [0.1, 0.15) is 11.8 Å². The minimum absolute atomic E-state index is 0.0490. The molecular formula is C14H21N3O3. The van der Waals surface area contributed by atoms with Crippen LogP contribution < -0.4 is 11.1 Å². The first kappa shape index (κ1) is 15.8. The lowest BCUT2D eigenvalue weighted by atomic mass is 10.1. The Labute approximate surface area is 118 Å². The van der Waals surface area contributed by atoms with E-state index < -0.39 is 11.9 Å². The molecular weight excluding hydrogens is 258 g/mol. The fourth-order valence-corrected chi connectivity index (χ4v) is 1.89. The van der Waals surface area contributed by atoms with Crippen molar-refractivity contribution < 1.29 is 14.7 Å². The largest absolute Gasteiger partial charge is 0.508 e. The van der Waals surface area contributed by atoms with Crippen molar-refractivity contribution in [2.24, 2.45) is 0 Å². The molecule has 0 saturated heterocycles. The third-order valence-electron chi connectivity index (χ3n) is 3.07. The number of hydrogen-bond acceptors (Lipinski definition) is 4. The molecule has 0 bridgehead atoms. The third-order valence-corrected chi connectivity index (χ3v) is 3.07. The van der Waals surface area contributed by atoms with Crippen LogP contribution in [-0.4, -0.2) is 41.0 Å². The van der Waals surface area contributed by atoms with Crippen LogP contribution in [0.4, 0.5) is 5.69 Å². The Morgan fingerprint density at radius 1 is 1.35 bits per heavy atom. The van der Waals surface area contributed by atoms with Crippen LogP contribution in [0.2, 0.25) is 0 Å². The van der Waals surface area contributed by atoms with Crippen molar-refractivity contribution in [1.29, 1.82) is 0 Å². The van der Waals surface area contributed by atoms with Crippen molar-refractivity contribution >= 4 is 17.5 Å². The van der Waals surface area contributed by atoms with Gasteiger partial charge in [0.25, 0.3) is 5.91 Å². The van der Waals surface area contributed by atoms with Gasteiger partial charge in [-0.15, -0.1) is 0 Å². The summed E-state index contributed by atoms with van der Waals surface area (Å²) in [6.07, 6.45) is 0. The second-order valence-corrected chi connectivity index (χ2v) is 4.48. The molecule has 0 radical (unpaired) electrons. The molecule has 0 fully saturated rings. The van der Waals surface area contributed by atoms with E-state index in [0.29, 0.717) is 13.1 Å². The van der Waals surface area contributed by atoms with Gasteiger partial charge in [-0.25, -0.2) is 0 Å². The van der Waals surface area contributed by atoms with Gasteiger partial charge in [0.2, 0.25) is 5.91 Å². The summed E-state index contributed by atoms with van der Waals surface area (Å²) in [6, 6.07) is 3.47. The van der Waals surface area contributed by atoms with Gasteiger partial charge in [0.05, 0.1) is 5.56 Å². The number of rotatable bonds is 5. The number of likely N-dealkylation sites (N-methyl/N-ethyl adjacent to an activating group) is 1. The average Bonchev–Trinajstić information content (AvgIpc) is 2.42. The van der Waals surface area contributed by atoms with Crippen LogP contribution in [0.3, 0.4) is 0 Å². The summed E-state index contributed by atoms with van der Waals surface area (Å²) in [5.41, 5.74) is 6.10. The number of nitrogens with two attached hydrogens (primary N) is 1. The van der Waals surface area contributed by atoms with Crippen LogP contribution in [0.5, 0.6) is 5.75 Å². The molecule has 110 valence electrons. The van der Waals surface area contributed by atoms with Crippen molar-refractivity contribution in [3.63, 3.8) is 0 Å². The molecule has 0 aliphatic carbocycles. The smallest absolute Gasteiger partial charge is 0.254 e. The molecule has 0 spiro atoms. The molecule has 1 rings (SSSR count). The summed E-state index contributed by atoms with van der Waals surface area (Å²) in [6.45, 7) is 6.55. The highest BCUT2D eigenvalue weighted by Crippen LogP contribution is 2.18. The SMILES string of the molecule is CCN(CC)C(=O)C(C)NC(=O)c1cc(O)ccc1N. The molecule has 2 amide bonds. The zero-order valence-corrected chi connectivity index (χ0v) is 12.0. The summed E-state index contributed by atoms with van der Waals surface area (Å²) < 4.78 is 0. The standard InChI is InChI=1S/C14H21N3O3/c1-4-17(5-2)14(20)9(3)16-13(19)11-8-10(18)6-7-12(11)15/h6-9,18H,4-5,15H2,1-3H3,(H,16,19). The number of anilines is 1. The molecule has 6 heteroatoms. The molecule has 4 N–H and O–H groups in total. The summed E-state index contributed by atoms with van der Waals surface area (Å²) in [4.78, 5) is 25.7. The number of nitrogen functional groups attached to an aromatic ring is 1. The number of nitrogens with one attached hydrogen (secondary N) is 1. The van der Waals surface area contributed by atoms with Crippen LogP contribution >= 0.6 is 0 Å². The molecule has 0 aliphatic rings. The maximum absolute atomic E-state index is 12.1. The summed E-state index contributed by atoms with van der Waals surface area (Å²) in [5.74, 6) is -0.680. The monoisotopic (exact) mass is 279 g/mol. The number of phenols is 1. The van der Waals surface area contributed by atoms with Crippen LogP contribution in [0, 0.1) is 0 Å². The van der Waals surface area contributed by atoms with E-state index in [4.69, 9.17) is 5.73 Å². The van der Waals surface area contributed by atoms with E-state index >= 15 is 0 Å². The second kappa shape index (κ2) is 6.79. The highest BCUT2D eigenvalue weighted by atomic mass is 16.3. The highest BCUT2D eigenvalue weighted by Gasteiger charge is 2.21. The summed E-state index contributed by atoms with van der Waals surface area (Å²) >= 11 is 0. The lowest BCUT2D eigenvalue weighted by Gasteiger charge is -2.23. The Bertz CT molecular complexity index is 498. The lowest BCUT2D eigenvalue weighted by Crippen LogP contribution is -2.46. The van der Waals surface area contributed by atoms with E-state index in [2.05, 4.69) is 5.32 Å². The lowest BCUT2D eigenvalue weighted by molar-refractivity contribution is -0.132. The van der Waals surface area contributed by atoms with Gasteiger partial charge >= 0.3 is 0 Å². The fourth-order valence-electron chi connectivity index (χ4n) is 1.89. The normalized spacial score (nSPS) is 11.8. The van der Waals surface area contributed by atoms with Crippen molar-refractivity contribution in [2.75, 3.05) is 18.8 Å². The molecule has 20 heavy (non-hydrogen) atoms. The van der Waals surface area contributed by atoms with Crippen molar-refractivity contribution in [1.82, 2.24) is 10.2 Å². The fraction of sp³-hybridized carbons (Fsp3) is 0.429. The molecule has 0 heterocycles. The third kappa shape index (κ3) is 3.63. The summed E-state index contributed by atoms with van der Waals surface area (Å²) in [5, 5.41) is 12.0. The Hall–Kier alpha value is -2.24. The van der Waals surface area contributed by atoms with Gasteiger partial charge in [-0.05, 0) is 39.0 Å². The minimum atomic E-state index is -0.649. The van der Waals surface area contributed by atoms with Crippen molar-refractivity contribution in [2.45, 2.75) is 26.8 Å². The second-order valence-electron chi connectivity index (χ2n) is 4.48. The zero-order valence-electron chi connectivity index (χ0n) is 12.0. The van der Waals surface area contributed by atoms with E-state index in [-0.39, 0.29) is 22.9 Å². The van der Waals surface area contributed by atoms with E-state index in [1.165, 1.54) is 18.2 Å². The van der Waals surface area contributed by atoms with E-state index in [1.807, 2.05) is 13.8 Å². The maximum Gasteiger partial charge on any atom is 0.254 e. The van der Waals surface area contributed by atoms with E-state index in [1.54, 1.807) is 11.8 Å². The first-order valence-electron chi connectivity index (χ1n) is 6.58. The molecule has 0 aromatic heterocycles. The van der Waals surface area contributed by atoms with Crippen LogP contribution in [-0.2, 0) is 4.79 Å². The Morgan fingerprint density at radius 2 is 1.95 bits per heavy atom. The Kier molecular flexibility index (Phi) is 5.37. The molecule has 1 aromatic rings. The van der Waals surface area contributed by atoms with Gasteiger partial charge < -0.3 is 21.1 Å². The quantitative estimate of drug-likeness (QED) is 0.552. The Morgan fingerprint density at radius 3 is 2.50 bits per heavy atom. The number of amides is 2. The number of carbonyl (C=O) groups excluding carboxylic acids is 2. The molecule has 1 atom stereocenters. The summed E-state index contributed by atoms with van der Waals surface area (Å²) in [7, 11) is 0. The predicted octanol–water partition coefficient (Wildman–Crippen LogP) is 0.961. The topological polar surface area (TPSA) is 95.7 Å². The average molecular weight is 279 g/mol. The molecule has 1 aromatic carbocycles. The molecule has 6 nitrogen and oxygen atoms in total. The zero-order chi connectivity index (χ0) is 15.3. The predicted molar refractivity (Wildman–Crippen MR) is 77.4 cm³/mol. The van der Waals surface area contributed by atoms with Crippen LogP contribution in [0.1, 0.15) is 31.1 Å². The van der Waals surface area contributed by atoms with E-state index in [0.717, 1.165) is 0 Å². The van der Waals surface area contributed by atoms with Gasteiger partial charge in [0, 0.05) is 18.8 Å². The van der Waals surface area contributed by atoms with Gasteiger partial charge in [0.15, 0.2) is 0 Å². The molecule has 0 saturated carbocycles. The number of hydrogen-bond donors (Lipinski definition) is 3. The van der Waals surface area contributed by atoms with Crippen LogP contribution in [0.25, 0.3) is 0 Å². The van der Waals surface area contributed by atoms with Gasteiger partial charge in [-0.1, -0.05) is 0 Å². The number of nitrogens with zero attached hydrogens (tertiary/aromatic N) is 1. The van der Waals surface area contributed by atoms with Crippen molar-refractivity contribution in [3.8, 4) is 5.75 Å². The first-order valence-corrected chi connectivity index (χ1v) is 6.58. The first-order chi connectivity index (χ1) is 9.40. The molecule has 0 aliphatic heterocycles.